The Balaban J connectivity index is 2.06. The van der Waals surface area contributed by atoms with Gasteiger partial charge >= 0.3 is 0 Å². The number of hydrogen-bond acceptors (Lipinski definition) is 3. The summed E-state index contributed by atoms with van der Waals surface area (Å²) in [7, 11) is 0. The van der Waals surface area contributed by atoms with Crippen LogP contribution in [0.25, 0.3) is 0 Å². The molecule has 2 heterocycles. The zero-order valence-corrected chi connectivity index (χ0v) is 10.3. The molecule has 0 radical (unpaired) electrons. The van der Waals surface area contributed by atoms with E-state index in [1.807, 2.05) is 17.0 Å². The van der Waals surface area contributed by atoms with E-state index in [0.717, 1.165) is 44.6 Å². The second kappa shape index (κ2) is 5.66. The molecule has 0 spiro atoms. The third-order valence-corrected chi connectivity index (χ3v) is 2.95. The number of rotatable bonds is 4. The van der Waals surface area contributed by atoms with Gasteiger partial charge in [0.2, 0.25) is 0 Å². The molecule has 1 N–H and O–H groups in total. The Morgan fingerprint density at radius 2 is 2.24 bits per heavy atom. The Labute approximate surface area is 102 Å². The van der Waals surface area contributed by atoms with E-state index in [4.69, 9.17) is 0 Å². The lowest BCUT2D eigenvalue weighted by molar-refractivity contribution is 0.0787. The molecule has 1 saturated heterocycles. The molecule has 4 heteroatoms. The number of nitrogens with one attached hydrogen (secondary N) is 1. The first-order chi connectivity index (χ1) is 8.31. The smallest absolute Gasteiger partial charge is 0.272 e. The van der Waals surface area contributed by atoms with E-state index in [1.165, 1.54) is 0 Å². The van der Waals surface area contributed by atoms with Gasteiger partial charge in [0.25, 0.3) is 5.91 Å². The third kappa shape index (κ3) is 2.96. The van der Waals surface area contributed by atoms with Crippen LogP contribution in [0.4, 0.5) is 5.69 Å². The third-order valence-electron chi connectivity index (χ3n) is 2.95. The lowest BCUT2D eigenvalue weighted by Gasteiger charge is -2.15. The molecule has 0 atom stereocenters. The van der Waals surface area contributed by atoms with E-state index >= 15 is 0 Å². The van der Waals surface area contributed by atoms with Crippen LogP contribution in [0.15, 0.2) is 18.3 Å². The van der Waals surface area contributed by atoms with E-state index in [9.17, 15) is 4.79 Å². The molecule has 0 saturated carbocycles. The molecule has 1 aromatic heterocycles. The van der Waals surface area contributed by atoms with Gasteiger partial charge in [0.15, 0.2) is 0 Å². The number of amides is 1. The molecule has 92 valence electrons. The predicted octanol–water partition coefficient (Wildman–Crippen LogP) is 2.14. The Hall–Kier alpha value is -1.58. The van der Waals surface area contributed by atoms with Crippen molar-refractivity contribution in [2.75, 3.05) is 25.0 Å². The van der Waals surface area contributed by atoms with Crippen molar-refractivity contribution in [2.24, 2.45) is 0 Å². The number of aromatic nitrogens is 1. The van der Waals surface area contributed by atoms with Gasteiger partial charge in [-0.3, -0.25) is 9.78 Å². The number of anilines is 1. The standard InChI is InChI=1S/C13H19N3O/c1-2-6-14-11-5-7-15-12(10-11)13(17)16-8-3-4-9-16/h5,7,10H,2-4,6,8-9H2,1H3,(H,14,15). The van der Waals surface area contributed by atoms with Crippen LogP contribution in [0.3, 0.4) is 0 Å². The molecule has 0 bridgehead atoms. The number of hydrogen-bond donors (Lipinski definition) is 1. The normalized spacial score (nSPS) is 15.0. The average Bonchev–Trinajstić information content (AvgIpc) is 2.89. The summed E-state index contributed by atoms with van der Waals surface area (Å²) < 4.78 is 0. The van der Waals surface area contributed by atoms with Gasteiger partial charge < -0.3 is 10.2 Å². The molecule has 1 fully saturated rings. The molecule has 1 aromatic rings. The topological polar surface area (TPSA) is 45.2 Å². The van der Waals surface area contributed by atoms with Crippen LogP contribution in [0.2, 0.25) is 0 Å². The van der Waals surface area contributed by atoms with Crippen molar-refractivity contribution in [3.8, 4) is 0 Å². The fourth-order valence-corrected chi connectivity index (χ4v) is 2.01. The summed E-state index contributed by atoms with van der Waals surface area (Å²) in [5.74, 6) is 0.0580. The highest BCUT2D eigenvalue weighted by molar-refractivity contribution is 5.93. The quantitative estimate of drug-likeness (QED) is 0.866. The lowest BCUT2D eigenvalue weighted by Crippen LogP contribution is -2.28. The highest BCUT2D eigenvalue weighted by Crippen LogP contribution is 2.14. The van der Waals surface area contributed by atoms with Gasteiger partial charge in [-0.15, -0.1) is 0 Å². The molecule has 1 amide bonds. The van der Waals surface area contributed by atoms with Crippen LogP contribution in [-0.4, -0.2) is 35.4 Å². The van der Waals surface area contributed by atoms with Crippen molar-refractivity contribution in [3.63, 3.8) is 0 Å². The van der Waals surface area contributed by atoms with Crippen molar-refractivity contribution in [1.29, 1.82) is 0 Å². The molecule has 0 unspecified atom stereocenters. The first kappa shape index (κ1) is 11.9. The summed E-state index contributed by atoms with van der Waals surface area (Å²) >= 11 is 0. The number of carbonyl (C=O) groups is 1. The number of pyridine rings is 1. The van der Waals surface area contributed by atoms with E-state index in [0.29, 0.717) is 5.69 Å². The van der Waals surface area contributed by atoms with Crippen molar-refractivity contribution < 1.29 is 4.79 Å². The Kier molecular flexibility index (Phi) is 3.96. The van der Waals surface area contributed by atoms with Gasteiger partial charge in [0.05, 0.1) is 0 Å². The van der Waals surface area contributed by atoms with Crippen molar-refractivity contribution in [2.45, 2.75) is 26.2 Å². The fraction of sp³-hybridized carbons (Fsp3) is 0.538. The summed E-state index contributed by atoms with van der Waals surface area (Å²) in [5, 5.41) is 3.27. The molecular formula is C13H19N3O. The maximum absolute atomic E-state index is 12.1. The van der Waals surface area contributed by atoms with Gasteiger partial charge in [0.1, 0.15) is 5.69 Å². The number of nitrogens with zero attached hydrogens (tertiary/aromatic N) is 2. The Morgan fingerprint density at radius 1 is 1.47 bits per heavy atom. The van der Waals surface area contributed by atoms with Crippen LogP contribution < -0.4 is 5.32 Å². The summed E-state index contributed by atoms with van der Waals surface area (Å²) in [6.45, 7) is 4.77. The van der Waals surface area contributed by atoms with Gasteiger partial charge in [-0.05, 0) is 31.4 Å². The van der Waals surface area contributed by atoms with Gasteiger partial charge in [-0.2, -0.15) is 0 Å². The highest BCUT2D eigenvalue weighted by Gasteiger charge is 2.20. The molecular weight excluding hydrogens is 214 g/mol. The van der Waals surface area contributed by atoms with Crippen molar-refractivity contribution in [3.05, 3.63) is 24.0 Å². The highest BCUT2D eigenvalue weighted by atomic mass is 16.2. The van der Waals surface area contributed by atoms with Crippen LogP contribution in [-0.2, 0) is 0 Å². The minimum Gasteiger partial charge on any atom is -0.385 e. The fourth-order valence-electron chi connectivity index (χ4n) is 2.01. The maximum Gasteiger partial charge on any atom is 0.272 e. The molecule has 0 aromatic carbocycles. The first-order valence-corrected chi connectivity index (χ1v) is 6.30. The Bertz CT molecular complexity index is 386. The minimum absolute atomic E-state index is 0.0580. The SMILES string of the molecule is CCCNc1ccnc(C(=O)N2CCCC2)c1. The average molecular weight is 233 g/mol. The summed E-state index contributed by atoms with van der Waals surface area (Å²) in [6.07, 6.45) is 4.98. The lowest BCUT2D eigenvalue weighted by atomic mass is 10.3. The summed E-state index contributed by atoms with van der Waals surface area (Å²) in [6, 6.07) is 3.74. The first-order valence-electron chi connectivity index (χ1n) is 6.30. The van der Waals surface area contributed by atoms with E-state index in [1.54, 1.807) is 6.20 Å². The zero-order valence-electron chi connectivity index (χ0n) is 10.3. The summed E-state index contributed by atoms with van der Waals surface area (Å²) in [5.41, 5.74) is 1.53. The van der Waals surface area contributed by atoms with Gasteiger partial charge in [0, 0.05) is 31.5 Å². The van der Waals surface area contributed by atoms with Crippen molar-refractivity contribution >= 4 is 11.6 Å². The summed E-state index contributed by atoms with van der Waals surface area (Å²) in [4.78, 5) is 18.2. The molecule has 17 heavy (non-hydrogen) atoms. The Morgan fingerprint density at radius 3 is 2.94 bits per heavy atom. The molecule has 1 aliphatic rings. The van der Waals surface area contributed by atoms with Crippen LogP contribution in [0.1, 0.15) is 36.7 Å². The molecule has 4 nitrogen and oxygen atoms in total. The monoisotopic (exact) mass is 233 g/mol. The second-order valence-corrected chi connectivity index (χ2v) is 4.36. The second-order valence-electron chi connectivity index (χ2n) is 4.36. The molecule has 2 rings (SSSR count). The van der Waals surface area contributed by atoms with E-state index in [2.05, 4.69) is 17.2 Å². The maximum atomic E-state index is 12.1. The van der Waals surface area contributed by atoms with Gasteiger partial charge in [-0.25, -0.2) is 0 Å². The minimum atomic E-state index is 0.0580. The predicted molar refractivity (Wildman–Crippen MR) is 68.2 cm³/mol. The molecule has 1 aliphatic heterocycles. The van der Waals surface area contributed by atoms with Crippen LogP contribution in [0.5, 0.6) is 0 Å². The number of likely N-dealkylation sites (tertiary alicyclic amines) is 1. The van der Waals surface area contributed by atoms with E-state index in [-0.39, 0.29) is 5.91 Å². The number of carbonyl (C=O) groups excluding carboxylic acids is 1. The zero-order chi connectivity index (χ0) is 12.1. The van der Waals surface area contributed by atoms with Gasteiger partial charge in [-0.1, -0.05) is 6.92 Å². The van der Waals surface area contributed by atoms with Crippen molar-refractivity contribution in [1.82, 2.24) is 9.88 Å². The molecule has 0 aliphatic carbocycles. The van der Waals surface area contributed by atoms with E-state index < -0.39 is 0 Å². The largest absolute Gasteiger partial charge is 0.385 e. The van der Waals surface area contributed by atoms with Crippen LogP contribution >= 0.6 is 0 Å². The van der Waals surface area contributed by atoms with Crippen LogP contribution in [0, 0.1) is 0 Å².